The zero-order valence-electron chi connectivity index (χ0n) is 18.8. The molecule has 0 N–H and O–H groups in total. The zero-order valence-corrected chi connectivity index (χ0v) is 19.6. The van der Waals surface area contributed by atoms with E-state index in [4.69, 9.17) is 16.1 Å². The van der Waals surface area contributed by atoms with E-state index in [2.05, 4.69) is 18.1 Å². The first-order valence-electron chi connectivity index (χ1n) is 11.4. The highest BCUT2D eigenvalue weighted by Gasteiger charge is 2.39. The van der Waals surface area contributed by atoms with Crippen LogP contribution in [0.25, 0.3) is 11.3 Å². The normalized spacial score (nSPS) is 18.0. The summed E-state index contributed by atoms with van der Waals surface area (Å²) in [5.41, 5.74) is 5.92. The van der Waals surface area contributed by atoms with Gasteiger partial charge < -0.3 is 14.3 Å². The second-order valence-corrected chi connectivity index (χ2v) is 9.23. The lowest BCUT2D eigenvalue weighted by atomic mass is 9.99. The summed E-state index contributed by atoms with van der Waals surface area (Å²) in [6.45, 7) is 5.52. The van der Waals surface area contributed by atoms with E-state index in [1.807, 2.05) is 48.2 Å². The molecular weight excluding hydrogens is 438 g/mol. The average molecular weight is 464 g/mol. The minimum absolute atomic E-state index is 0.0131. The number of hydrogen-bond donors (Lipinski definition) is 0. The third kappa shape index (κ3) is 3.93. The van der Waals surface area contributed by atoms with Gasteiger partial charge in [0, 0.05) is 41.3 Å². The molecule has 1 saturated heterocycles. The Bertz CT molecular complexity index is 1220. The lowest BCUT2D eigenvalue weighted by Crippen LogP contribution is -2.40. The molecule has 0 saturated carbocycles. The topological polar surface area (TPSA) is 66.7 Å². The summed E-state index contributed by atoms with van der Waals surface area (Å²) in [7, 11) is 0. The number of fused-ring (bicyclic) bond motifs is 1. The molecule has 2 aliphatic heterocycles. The van der Waals surface area contributed by atoms with E-state index in [-0.39, 0.29) is 24.2 Å². The van der Waals surface area contributed by atoms with Gasteiger partial charge in [0.05, 0.1) is 12.5 Å². The minimum atomic E-state index is -0.342. The molecule has 2 amide bonds. The van der Waals surface area contributed by atoms with Crippen LogP contribution in [0.3, 0.4) is 0 Å². The van der Waals surface area contributed by atoms with Gasteiger partial charge in [-0.2, -0.15) is 0 Å². The largest absolute Gasteiger partial charge is 0.356 e. The van der Waals surface area contributed by atoms with Crippen molar-refractivity contribution in [3.8, 4) is 11.3 Å². The van der Waals surface area contributed by atoms with Crippen molar-refractivity contribution in [3.63, 3.8) is 0 Å². The first kappa shape index (κ1) is 21.7. The SMILES string of the molecule is CCc1cccc(C)c1N1CC(C(=O)N2CCc3c(noc3-c3ccc(Cl)cc3)C2)CC1=O. The Kier molecular flexibility index (Phi) is 5.71. The Balaban J connectivity index is 1.32. The van der Waals surface area contributed by atoms with Crippen LogP contribution in [-0.4, -0.2) is 35.0 Å². The average Bonchev–Trinajstić information content (AvgIpc) is 3.42. The number of halogens is 1. The first-order valence-corrected chi connectivity index (χ1v) is 11.7. The number of amides is 2. The van der Waals surface area contributed by atoms with Gasteiger partial charge in [-0.25, -0.2) is 0 Å². The third-order valence-corrected chi connectivity index (χ3v) is 6.96. The summed E-state index contributed by atoms with van der Waals surface area (Å²) in [5, 5.41) is 4.91. The zero-order chi connectivity index (χ0) is 23.1. The van der Waals surface area contributed by atoms with Crippen molar-refractivity contribution in [1.29, 1.82) is 0 Å². The van der Waals surface area contributed by atoms with Crippen molar-refractivity contribution in [2.45, 2.75) is 39.7 Å². The fraction of sp³-hybridized carbons (Fsp3) is 0.346. The molecule has 0 bridgehead atoms. The van der Waals surface area contributed by atoms with Crippen LogP contribution in [0, 0.1) is 12.8 Å². The number of benzene rings is 2. The van der Waals surface area contributed by atoms with Crippen molar-refractivity contribution in [3.05, 3.63) is 69.9 Å². The molecular formula is C26H26ClN3O3. The molecule has 7 heteroatoms. The van der Waals surface area contributed by atoms with Gasteiger partial charge in [0.2, 0.25) is 11.8 Å². The Hall–Kier alpha value is -3.12. The number of nitrogens with zero attached hydrogens (tertiary/aromatic N) is 3. The second kappa shape index (κ2) is 8.67. The van der Waals surface area contributed by atoms with Crippen LogP contribution >= 0.6 is 11.6 Å². The monoisotopic (exact) mass is 463 g/mol. The fourth-order valence-electron chi connectivity index (χ4n) is 4.99. The highest BCUT2D eigenvalue weighted by molar-refractivity contribution is 6.30. The molecule has 170 valence electrons. The fourth-order valence-corrected chi connectivity index (χ4v) is 5.11. The summed E-state index contributed by atoms with van der Waals surface area (Å²) in [6, 6.07) is 13.6. The van der Waals surface area contributed by atoms with Gasteiger partial charge in [-0.05, 0) is 55.2 Å². The Labute approximate surface area is 198 Å². The van der Waals surface area contributed by atoms with E-state index in [0.717, 1.165) is 45.8 Å². The predicted octanol–water partition coefficient (Wildman–Crippen LogP) is 4.80. The summed E-state index contributed by atoms with van der Waals surface area (Å²) in [6.07, 6.45) is 1.76. The molecule has 0 radical (unpaired) electrons. The Morgan fingerprint density at radius 3 is 2.76 bits per heavy atom. The molecule has 6 nitrogen and oxygen atoms in total. The van der Waals surface area contributed by atoms with E-state index in [0.29, 0.717) is 31.1 Å². The van der Waals surface area contributed by atoms with Crippen LogP contribution in [0.4, 0.5) is 5.69 Å². The van der Waals surface area contributed by atoms with Crippen molar-refractivity contribution < 1.29 is 14.1 Å². The van der Waals surface area contributed by atoms with E-state index in [9.17, 15) is 9.59 Å². The maximum absolute atomic E-state index is 13.4. The van der Waals surface area contributed by atoms with Crippen LogP contribution in [0.15, 0.2) is 47.0 Å². The molecule has 3 aromatic rings. The molecule has 0 aliphatic carbocycles. The van der Waals surface area contributed by atoms with Crippen LogP contribution in [0.2, 0.25) is 5.02 Å². The molecule has 3 heterocycles. The number of hydrogen-bond acceptors (Lipinski definition) is 4. The molecule has 1 unspecified atom stereocenters. The van der Waals surface area contributed by atoms with Gasteiger partial charge in [0.25, 0.3) is 0 Å². The molecule has 0 spiro atoms. The minimum Gasteiger partial charge on any atom is -0.356 e. The van der Waals surface area contributed by atoms with Crippen molar-refractivity contribution in [2.75, 3.05) is 18.0 Å². The molecule has 33 heavy (non-hydrogen) atoms. The number of aromatic nitrogens is 1. The maximum atomic E-state index is 13.4. The Morgan fingerprint density at radius 1 is 1.21 bits per heavy atom. The molecule has 5 rings (SSSR count). The first-order chi connectivity index (χ1) is 16.0. The summed E-state index contributed by atoms with van der Waals surface area (Å²) >= 11 is 6.00. The van der Waals surface area contributed by atoms with Crippen LogP contribution < -0.4 is 4.90 Å². The third-order valence-electron chi connectivity index (χ3n) is 6.71. The summed E-state index contributed by atoms with van der Waals surface area (Å²) in [4.78, 5) is 29.9. The van der Waals surface area contributed by atoms with Crippen molar-refractivity contribution in [2.24, 2.45) is 5.92 Å². The van der Waals surface area contributed by atoms with E-state index >= 15 is 0 Å². The van der Waals surface area contributed by atoms with E-state index in [1.54, 1.807) is 4.90 Å². The number of carbonyl (C=O) groups is 2. The van der Waals surface area contributed by atoms with Gasteiger partial charge in [0.1, 0.15) is 5.69 Å². The molecule has 1 fully saturated rings. The predicted molar refractivity (Wildman–Crippen MR) is 127 cm³/mol. The second-order valence-electron chi connectivity index (χ2n) is 8.80. The van der Waals surface area contributed by atoms with Gasteiger partial charge >= 0.3 is 0 Å². The van der Waals surface area contributed by atoms with Crippen LogP contribution in [0.5, 0.6) is 0 Å². The molecule has 2 aliphatic rings. The Morgan fingerprint density at radius 2 is 2.00 bits per heavy atom. The number of carbonyl (C=O) groups excluding carboxylic acids is 2. The van der Waals surface area contributed by atoms with Crippen LogP contribution in [-0.2, 0) is 29.0 Å². The van der Waals surface area contributed by atoms with E-state index in [1.165, 1.54) is 0 Å². The lowest BCUT2D eigenvalue weighted by molar-refractivity contribution is -0.136. The van der Waals surface area contributed by atoms with Crippen molar-refractivity contribution >= 4 is 29.1 Å². The quantitative estimate of drug-likeness (QED) is 0.557. The lowest BCUT2D eigenvalue weighted by Gasteiger charge is -2.28. The van der Waals surface area contributed by atoms with E-state index < -0.39 is 0 Å². The van der Waals surface area contributed by atoms with Gasteiger partial charge in [-0.15, -0.1) is 0 Å². The van der Waals surface area contributed by atoms with Crippen molar-refractivity contribution in [1.82, 2.24) is 10.1 Å². The number of anilines is 1. The summed E-state index contributed by atoms with van der Waals surface area (Å²) < 4.78 is 5.63. The summed E-state index contributed by atoms with van der Waals surface area (Å²) in [5.74, 6) is 0.425. The molecule has 1 atom stereocenters. The van der Waals surface area contributed by atoms with Gasteiger partial charge in [-0.3, -0.25) is 9.59 Å². The highest BCUT2D eigenvalue weighted by atomic mass is 35.5. The number of aryl methyl sites for hydroxylation is 2. The number of para-hydroxylation sites is 1. The van der Waals surface area contributed by atoms with Crippen LogP contribution in [0.1, 0.15) is 35.7 Å². The van der Waals surface area contributed by atoms with Gasteiger partial charge in [0.15, 0.2) is 5.76 Å². The smallest absolute Gasteiger partial charge is 0.228 e. The molecule has 2 aromatic carbocycles. The maximum Gasteiger partial charge on any atom is 0.228 e. The standard InChI is InChI=1S/C26H26ClN3O3/c1-3-17-6-4-5-16(2)24(17)30-14-19(13-23(30)31)26(32)29-12-11-21-22(15-29)28-33-25(21)18-7-9-20(27)10-8-18/h4-10,19H,3,11-15H2,1-2H3. The number of rotatable bonds is 4. The molecule has 1 aromatic heterocycles. The van der Waals surface area contributed by atoms with Gasteiger partial charge in [-0.1, -0.05) is 41.9 Å². The highest BCUT2D eigenvalue weighted by Crippen LogP contribution is 2.34.